The van der Waals surface area contributed by atoms with E-state index in [9.17, 15) is 4.79 Å². The molecule has 0 bridgehead atoms. The van der Waals surface area contributed by atoms with Crippen LogP contribution in [-0.4, -0.2) is 17.6 Å². The average molecular weight is 283 g/mol. The minimum absolute atomic E-state index is 0.139. The van der Waals surface area contributed by atoms with E-state index in [0.717, 1.165) is 12.2 Å². The number of nitrogens with zero attached hydrogens (tertiary/aromatic N) is 1. The number of rotatable bonds is 6. The van der Waals surface area contributed by atoms with Gasteiger partial charge in [-0.05, 0) is 42.7 Å². The molecular formula is C18H21NO2. The molecular weight excluding hydrogens is 262 g/mol. The predicted molar refractivity (Wildman–Crippen MR) is 85.7 cm³/mol. The maximum atomic E-state index is 10.9. The fourth-order valence-electron chi connectivity index (χ4n) is 2.47. The quantitative estimate of drug-likeness (QED) is 0.877. The van der Waals surface area contributed by atoms with Crippen LogP contribution in [0.25, 0.3) is 0 Å². The Balaban J connectivity index is 2.24. The van der Waals surface area contributed by atoms with Crippen molar-refractivity contribution in [1.29, 1.82) is 0 Å². The van der Waals surface area contributed by atoms with E-state index in [2.05, 4.69) is 49.1 Å². The molecule has 0 saturated carbocycles. The van der Waals surface area contributed by atoms with Gasteiger partial charge in [-0.2, -0.15) is 0 Å². The van der Waals surface area contributed by atoms with Gasteiger partial charge in [-0.25, -0.2) is 0 Å². The summed E-state index contributed by atoms with van der Waals surface area (Å²) in [7, 11) is 0. The second-order valence-electron chi connectivity index (χ2n) is 5.40. The molecule has 0 unspecified atom stereocenters. The molecule has 0 aliphatic heterocycles. The molecule has 0 aliphatic rings. The summed E-state index contributed by atoms with van der Waals surface area (Å²) in [6, 6.07) is 16.5. The standard InChI is InChI=1S/C18H21NO2/c1-14-10-15(2)12-17(11-14)19(9-8-18(20)21)13-16-6-4-3-5-7-16/h3-7,10-12H,8-9,13H2,1-2H3,(H,20,21). The third-order valence-corrected chi connectivity index (χ3v) is 3.38. The fourth-order valence-corrected chi connectivity index (χ4v) is 2.47. The molecule has 110 valence electrons. The Labute approximate surface area is 125 Å². The summed E-state index contributed by atoms with van der Waals surface area (Å²) < 4.78 is 0. The Morgan fingerprint density at radius 2 is 1.67 bits per heavy atom. The number of hydrogen-bond donors (Lipinski definition) is 1. The second kappa shape index (κ2) is 6.93. The minimum Gasteiger partial charge on any atom is -0.481 e. The normalized spacial score (nSPS) is 10.4. The van der Waals surface area contributed by atoms with Crippen LogP contribution in [0.4, 0.5) is 5.69 Å². The van der Waals surface area contributed by atoms with Gasteiger partial charge in [0.2, 0.25) is 0 Å². The van der Waals surface area contributed by atoms with E-state index < -0.39 is 5.97 Å². The van der Waals surface area contributed by atoms with Gasteiger partial charge in [0.15, 0.2) is 0 Å². The van der Waals surface area contributed by atoms with Crippen molar-refractivity contribution >= 4 is 11.7 Å². The van der Waals surface area contributed by atoms with Crippen LogP contribution in [0.2, 0.25) is 0 Å². The number of carboxylic acids is 1. The second-order valence-corrected chi connectivity index (χ2v) is 5.40. The van der Waals surface area contributed by atoms with E-state index in [0.29, 0.717) is 6.54 Å². The maximum Gasteiger partial charge on any atom is 0.305 e. The zero-order valence-corrected chi connectivity index (χ0v) is 12.5. The van der Waals surface area contributed by atoms with Gasteiger partial charge in [0.05, 0.1) is 6.42 Å². The Morgan fingerprint density at radius 1 is 1.05 bits per heavy atom. The van der Waals surface area contributed by atoms with Crippen molar-refractivity contribution in [3.63, 3.8) is 0 Å². The molecule has 0 fully saturated rings. The monoisotopic (exact) mass is 283 g/mol. The van der Waals surface area contributed by atoms with Gasteiger partial charge < -0.3 is 10.0 Å². The number of aliphatic carboxylic acids is 1. The van der Waals surface area contributed by atoms with Crippen LogP contribution in [0.15, 0.2) is 48.5 Å². The highest BCUT2D eigenvalue weighted by Gasteiger charge is 2.10. The van der Waals surface area contributed by atoms with Crippen LogP contribution in [0.3, 0.4) is 0 Å². The van der Waals surface area contributed by atoms with E-state index in [1.165, 1.54) is 16.7 Å². The number of benzene rings is 2. The lowest BCUT2D eigenvalue weighted by Gasteiger charge is -2.25. The van der Waals surface area contributed by atoms with E-state index in [1.807, 2.05) is 18.2 Å². The summed E-state index contributed by atoms with van der Waals surface area (Å²) in [4.78, 5) is 13.0. The van der Waals surface area contributed by atoms with E-state index in [1.54, 1.807) is 0 Å². The number of anilines is 1. The van der Waals surface area contributed by atoms with Gasteiger partial charge in [-0.1, -0.05) is 36.4 Å². The lowest BCUT2D eigenvalue weighted by atomic mass is 10.1. The van der Waals surface area contributed by atoms with E-state index in [4.69, 9.17) is 5.11 Å². The molecule has 21 heavy (non-hydrogen) atoms. The van der Waals surface area contributed by atoms with Gasteiger partial charge in [0.1, 0.15) is 0 Å². The third-order valence-electron chi connectivity index (χ3n) is 3.38. The first kappa shape index (κ1) is 15.1. The molecule has 0 saturated heterocycles. The molecule has 0 amide bonds. The number of aryl methyl sites for hydroxylation is 2. The summed E-state index contributed by atoms with van der Waals surface area (Å²) in [5, 5.41) is 8.96. The molecule has 0 aromatic heterocycles. The highest BCUT2D eigenvalue weighted by Crippen LogP contribution is 2.21. The Kier molecular flexibility index (Phi) is 4.99. The Hall–Kier alpha value is -2.29. The lowest BCUT2D eigenvalue weighted by Crippen LogP contribution is -2.25. The van der Waals surface area contributed by atoms with Crippen molar-refractivity contribution in [2.45, 2.75) is 26.8 Å². The van der Waals surface area contributed by atoms with Gasteiger partial charge in [-0.3, -0.25) is 4.79 Å². The minimum atomic E-state index is -0.766. The summed E-state index contributed by atoms with van der Waals surface area (Å²) in [5.74, 6) is -0.766. The van der Waals surface area contributed by atoms with Crippen LogP contribution in [-0.2, 0) is 11.3 Å². The highest BCUT2D eigenvalue weighted by atomic mass is 16.4. The van der Waals surface area contributed by atoms with Crippen molar-refractivity contribution < 1.29 is 9.90 Å². The smallest absolute Gasteiger partial charge is 0.305 e. The average Bonchev–Trinajstić information content (AvgIpc) is 2.43. The van der Waals surface area contributed by atoms with Gasteiger partial charge in [0, 0.05) is 18.8 Å². The van der Waals surface area contributed by atoms with Crippen LogP contribution < -0.4 is 4.90 Å². The number of hydrogen-bond acceptors (Lipinski definition) is 2. The molecule has 0 aliphatic carbocycles. The molecule has 3 nitrogen and oxygen atoms in total. The molecule has 0 heterocycles. The molecule has 2 aromatic rings. The predicted octanol–water partition coefficient (Wildman–Crippen LogP) is 3.78. The zero-order valence-electron chi connectivity index (χ0n) is 12.5. The fraction of sp³-hybridized carbons (Fsp3) is 0.278. The highest BCUT2D eigenvalue weighted by molar-refractivity contribution is 5.67. The van der Waals surface area contributed by atoms with Gasteiger partial charge in [-0.15, -0.1) is 0 Å². The van der Waals surface area contributed by atoms with Crippen LogP contribution >= 0.6 is 0 Å². The molecule has 0 spiro atoms. The Bertz CT molecular complexity index is 588. The van der Waals surface area contributed by atoms with Crippen LogP contribution in [0.5, 0.6) is 0 Å². The summed E-state index contributed by atoms with van der Waals surface area (Å²) >= 11 is 0. The maximum absolute atomic E-state index is 10.9. The summed E-state index contributed by atoms with van der Waals surface area (Å²) in [6.45, 7) is 5.35. The first-order valence-corrected chi connectivity index (χ1v) is 7.13. The van der Waals surface area contributed by atoms with Crippen molar-refractivity contribution in [3.05, 3.63) is 65.2 Å². The van der Waals surface area contributed by atoms with Crippen LogP contribution in [0.1, 0.15) is 23.1 Å². The number of carbonyl (C=O) groups is 1. The van der Waals surface area contributed by atoms with Gasteiger partial charge >= 0.3 is 5.97 Å². The van der Waals surface area contributed by atoms with Crippen molar-refractivity contribution in [3.8, 4) is 0 Å². The van der Waals surface area contributed by atoms with E-state index >= 15 is 0 Å². The summed E-state index contributed by atoms with van der Waals surface area (Å²) in [5.41, 5.74) is 4.65. The molecule has 1 N–H and O–H groups in total. The van der Waals surface area contributed by atoms with Crippen LogP contribution in [0, 0.1) is 13.8 Å². The van der Waals surface area contributed by atoms with Crippen molar-refractivity contribution in [1.82, 2.24) is 0 Å². The molecule has 2 rings (SSSR count). The topological polar surface area (TPSA) is 40.5 Å². The van der Waals surface area contributed by atoms with Crippen molar-refractivity contribution in [2.24, 2.45) is 0 Å². The first-order valence-electron chi connectivity index (χ1n) is 7.13. The molecule has 0 atom stereocenters. The molecule has 2 aromatic carbocycles. The number of carboxylic acid groups (broad SMARTS) is 1. The Morgan fingerprint density at radius 3 is 2.24 bits per heavy atom. The largest absolute Gasteiger partial charge is 0.481 e. The molecule has 0 radical (unpaired) electrons. The first-order chi connectivity index (χ1) is 10.0. The van der Waals surface area contributed by atoms with E-state index in [-0.39, 0.29) is 6.42 Å². The SMILES string of the molecule is Cc1cc(C)cc(N(CCC(=O)O)Cc2ccccc2)c1. The lowest BCUT2D eigenvalue weighted by molar-refractivity contribution is -0.136. The van der Waals surface area contributed by atoms with Gasteiger partial charge in [0.25, 0.3) is 0 Å². The summed E-state index contributed by atoms with van der Waals surface area (Å²) in [6.07, 6.45) is 0.139. The molecule has 3 heteroatoms. The third kappa shape index (κ3) is 4.63. The zero-order chi connectivity index (χ0) is 15.2. The van der Waals surface area contributed by atoms with Crippen molar-refractivity contribution in [2.75, 3.05) is 11.4 Å².